The lowest BCUT2D eigenvalue weighted by Gasteiger charge is -2.27. The van der Waals surface area contributed by atoms with Crippen LogP contribution >= 0.6 is 11.6 Å². The second-order valence-electron chi connectivity index (χ2n) is 7.48. The van der Waals surface area contributed by atoms with Gasteiger partial charge in [0.25, 0.3) is 5.91 Å². The number of nitrogens with zero attached hydrogens (tertiary/aromatic N) is 2. The molecule has 0 aliphatic heterocycles. The molecule has 0 heterocycles. The highest BCUT2D eigenvalue weighted by Gasteiger charge is 2.44. The summed E-state index contributed by atoms with van der Waals surface area (Å²) in [6.07, 6.45) is 4.81. The van der Waals surface area contributed by atoms with Crippen LogP contribution in [-0.4, -0.2) is 55.5 Å². The fourth-order valence-electron chi connectivity index (χ4n) is 4.30. The molecule has 4 nitrogen and oxygen atoms in total. The predicted octanol–water partition coefficient (Wildman–Crippen LogP) is 3.30. The molecule has 2 aliphatic rings. The molecule has 2 fully saturated rings. The highest BCUT2D eigenvalue weighted by molar-refractivity contribution is 6.30. The van der Waals surface area contributed by atoms with E-state index in [1.54, 1.807) is 12.1 Å². The molecule has 0 aromatic heterocycles. The smallest absolute Gasteiger partial charge is 0.260 e. The van der Waals surface area contributed by atoms with Gasteiger partial charge in [-0.2, -0.15) is 0 Å². The van der Waals surface area contributed by atoms with E-state index in [4.69, 9.17) is 16.3 Å². The molecule has 0 N–H and O–H groups in total. The number of carbonyl (C=O) groups excluding carboxylic acids is 1. The fraction of sp³-hybridized carbons (Fsp3) is 0.632. The number of amides is 1. The number of fused-ring (bicyclic) bond motifs is 1. The summed E-state index contributed by atoms with van der Waals surface area (Å²) < 4.78 is 5.59. The fourth-order valence-corrected chi connectivity index (χ4v) is 4.48. The van der Waals surface area contributed by atoms with Crippen LogP contribution in [0, 0.1) is 11.8 Å². The van der Waals surface area contributed by atoms with E-state index in [1.807, 2.05) is 24.1 Å². The van der Waals surface area contributed by atoms with Crippen LogP contribution in [0.1, 0.15) is 25.7 Å². The standard InChI is InChI=1S/C19H27ClN2O2/c1-21(2)16-7-13-9-17(10-14(13)8-16)22(3)19(23)12-24-18-6-4-5-15(20)11-18/h4-6,11,13-14,16-17H,7-10,12H2,1-3H3/t13-,14+,16?,17?. The summed E-state index contributed by atoms with van der Waals surface area (Å²) in [6, 6.07) is 8.24. The molecule has 0 spiro atoms. The first-order valence-electron chi connectivity index (χ1n) is 8.74. The molecule has 2 saturated carbocycles. The Kier molecular flexibility index (Phi) is 5.36. The van der Waals surface area contributed by atoms with E-state index in [-0.39, 0.29) is 12.5 Å². The monoisotopic (exact) mass is 350 g/mol. The SMILES string of the molecule is CN(C)C1C[C@@H]2CC(N(C)C(=O)COc3cccc(Cl)c3)C[C@@H]2C1. The van der Waals surface area contributed by atoms with E-state index in [0.717, 1.165) is 24.7 Å². The minimum absolute atomic E-state index is 0.0455. The molecule has 132 valence electrons. The van der Waals surface area contributed by atoms with Crippen molar-refractivity contribution in [2.75, 3.05) is 27.7 Å². The lowest BCUT2D eigenvalue weighted by atomic mass is 10.0. The van der Waals surface area contributed by atoms with Crippen molar-refractivity contribution in [2.24, 2.45) is 11.8 Å². The Morgan fingerprint density at radius 2 is 1.75 bits per heavy atom. The zero-order valence-corrected chi connectivity index (χ0v) is 15.5. The Balaban J connectivity index is 1.49. The van der Waals surface area contributed by atoms with Crippen LogP contribution in [0.5, 0.6) is 5.75 Å². The Labute approximate surface area is 149 Å². The van der Waals surface area contributed by atoms with Crippen LogP contribution in [-0.2, 0) is 4.79 Å². The van der Waals surface area contributed by atoms with Gasteiger partial charge in [-0.3, -0.25) is 4.79 Å². The van der Waals surface area contributed by atoms with Crippen LogP contribution in [0.25, 0.3) is 0 Å². The van der Waals surface area contributed by atoms with E-state index in [2.05, 4.69) is 19.0 Å². The van der Waals surface area contributed by atoms with Gasteiger partial charge in [-0.1, -0.05) is 17.7 Å². The van der Waals surface area contributed by atoms with Gasteiger partial charge >= 0.3 is 0 Å². The molecule has 1 aromatic carbocycles. The quantitative estimate of drug-likeness (QED) is 0.816. The molecule has 2 aliphatic carbocycles. The normalized spacial score (nSPS) is 28.9. The largest absolute Gasteiger partial charge is 0.484 e. The van der Waals surface area contributed by atoms with Gasteiger partial charge in [-0.25, -0.2) is 0 Å². The van der Waals surface area contributed by atoms with Crippen LogP contribution < -0.4 is 4.74 Å². The number of hydrogen-bond acceptors (Lipinski definition) is 3. The third-order valence-electron chi connectivity index (χ3n) is 5.80. The number of carbonyl (C=O) groups is 1. The van der Waals surface area contributed by atoms with Crippen molar-refractivity contribution in [3.05, 3.63) is 29.3 Å². The average molecular weight is 351 g/mol. The Hall–Kier alpha value is -1.26. The van der Waals surface area contributed by atoms with Crippen molar-refractivity contribution in [3.8, 4) is 5.75 Å². The first-order chi connectivity index (χ1) is 11.4. The van der Waals surface area contributed by atoms with Crippen LogP contribution in [0.15, 0.2) is 24.3 Å². The maximum absolute atomic E-state index is 12.4. The molecule has 4 atom stereocenters. The maximum atomic E-state index is 12.4. The summed E-state index contributed by atoms with van der Waals surface area (Å²) in [5.74, 6) is 2.23. The topological polar surface area (TPSA) is 32.8 Å². The molecular formula is C19H27ClN2O2. The van der Waals surface area contributed by atoms with Gasteiger partial charge in [-0.15, -0.1) is 0 Å². The second kappa shape index (κ2) is 7.32. The van der Waals surface area contributed by atoms with Gasteiger partial charge in [0.15, 0.2) is 6.61 Å². The number of rotatable bonds is 5. The lowest BCUT2D eigenvalue weighted by Crippen LogP contribution is -2.39. The molecule has 2 unspecified atom stereocenters. The van der Waals surface area contributed by atoms with Crippen molar-refractivity contribution in [2.45, 2.75) is 37.8 Å². The van der Waals surface area contributed by atoms with E-state index in [1.165, 1.54) is 12.8 Å². The molecule has 3 rings (SSSR count). The molecule has 1 aromatic rings. The minimum Gasteiger partial charge on any atom is -0.484 e. The molecule has 0 bridgehead atoms. The summed E-state index contributed by atoms with van der Waals surface area (Å²) in [4.78, 5) is 16.7. The number of ether oxygens (including phenoxy) is 1. The highest BCUT2D eigenvalue weighted by Crippen LogP contribution is 2.46. The summed E-state index contributed by atoms with van der Waals surface area (Å²) in [5, 5.41) is 0.618. The minimum atomic E-state index is 0.0455. The lowest BCUT2D eigenvalue weighted by molar-refractivity contribution is -0.134. The van der Waals surface area contributed by atoms with Crippen LogP contribution in [0.2, 0.25) is 5.02 Å². The third-order valence-corrected chi connectivity index (χ3v) is 6.03. The molecule has 1 amide bonds. The van der Waals surface area contributed by atoms with Gasteiger partial charge in [0.2, 0.25) is 0 Å². The zero-order chi connectivity index (χ0) is 17.3. The first-order valence-corrected chi connectivity index (χ1v) is 9.12. The number of halogens is 1. The average Bonchev–Trinajstić information content (AvgIpc) is 3.10. The first kappa shape index (κ1) is 17.6. The molecular weight excluding hydrogens is 324 g/mol. The Morgan fingerprint density at radius 1 is 1.12 bits per heavy atom. The molecule has 0 radical (unpaired) electrons. The van der Waals surface area contributed by atoms with E-state index < -0.39 is 0 Å². The van der Waals surface area contributed by atoms with Gasteiger partial charge in [0.05, 0.1) is 0 Å². The summed E-state index contributed by atoms with van der Waals surface area (Å²) in [6.45, 7) is 0.0724. The van der Waals surface area contributed by atoms with E-state index >= 15 is 0 Å². The summed E-state index contributed by atoms with van der Waals surface area (Å²) in [5.41, 5.74) is 0. The van der Waals surface area contributed by atoms with Crippen molar-refractivity contribution < 1.29 is 9.53 Å². The van der Waals surface area contributed by atoms with Crippen molar-refractivity contribution in [3.63, 3.8) is 0 Å². The van der Waals surface area contributed by atoms with Gasteiger partial charge in [-0.05, 0) is 69.8 Å². The Morgan fingerprint density at radius 3 is 2.33 bits per heavy atom. The van der Waals surface area contributed by atoms with E-state index in [9.17, 15) is 4.79 Å². The Bertz CT molecular complexity index is 578. The third kappa shape index (κ3) is 3.86. The van der Waals surface area contributed by atoms with Crippen LogP contribution in [0.4, 0.5) is 0 Å². The van der Waals surface area contributed by atoms with Crippen molar-refractivity contribution in [1.29, 1.82) is 0 Å². The maximum Gasteiger partial charge on any atom is 0.260 e. The molecule has 5 heteroatoms. The predicted molar refractivity (Wildman–Crippen MR) is 96.4 cm³/mol. The van der Waals surface area contributed by atoms with Gasteiger partial charge < -0.3 is 14.5 Å². The number of benzene rings is 1. The number of likely N-dealkylation sites (N-methyl/N-ethyl adjacent to an activating group) is 1. The summed E-state index contributed by atoms with van der Waals surface area (Å²) >= 11 is 5.94. The zero-order valence-electron chi connectivity index (χ0n) is 14.7. The molecule has 0 saturated heterocycles. The van der Waals surface area contributed by atoms with Crippen LogP contribution in [0.3, 0.4) is 0 Å². The van der Waals surface area contributed by atoms with Gasteiger partial charge in [0.1, 0.15) is 5.75 Å². The van der Waals surface area contributed by atoms with Crippen molar-refractivity contribution in [1.82, 2.24) is 9.80 Å². The second-order valence-corrected chi connectivity index (χ2v) is 7.92. The highest BCUT2D eigenvalue weighted by atomic mass is 35.5. The van der Waals surface area contributed by atoms with E-state index in [0.29, 0.717) is 22.9 Å². The van der Waals surface area contributed by atoms with Gasteiger partial charge in [0, 0.05) is 24.2 Å². The van der Waals surface area contributed by atoms with Crippen molar-refractivity contribution >= 4 is 17.5 Å². The number of hydrogen-bond donors (Lipinski definition) is 0. The molecule has 24 heavy (non-hydrogen) atoms. The summed E-state index contributed by atoms with van der Waals surface area (Å²) in [7, 11) is 6.26.